The topological polar surface area (TPSA) is 275 Å². The molecule has 4 heterocycles. The zero-order chi connectivity index (χ0) is 44.8. The first kappa shape index (κ1) is 46.6. The van der Waals surface area contributed by atoms with Crippen molar-refractivity contribution in [3.05, 3.63) is 82.3 Å². The number of allylic oxidation sites excluding steroid dienone is 2. The van der Waals surface area contributed by atoms with Gasteiger partial charge in [-0.1, -0.05) is 32.9 Å². The molecule has 0 aliphatic rings. The first-order valence-corrected chi connectivity index (χ1v) is 19.7. The van der Waals surface area contributed by atoms with E-state index >= 15 is 0 Å². The van der Waals surface area contributed by atoms with Gasteiger partial charge in [0.2, 0.25) is 24.2 Å². The van der Waals surface area contributed by atoms with E-state index in [1.165, 1.54) is 31.4 Å². The summed E-state index contributed by atoms with van der Waals surface area (Å²) in [4.78, 5) is 62.6. The Morgan fingerprint density at radius 3 is 2.05 bits per heavy atom. The Labute approximate surface area is 352 Å². The van der Waals surface area contributed by atoms with E-state index in [4.69, 9.17) is 25.5 Å². The summed E-state index contributed by atoms with van der Waals surface area (Å²) in [5.41, 5.74) is 11.8. The van der Waals surface area contributed by atoms with Crippen LogP contribution in [-0.2, 0) is 30.8 Å². The van der Waals surface area contributed by atoms with Gasteiger partial charge in [0.1, 0.15) is 34.0 Å². The van der Waals surface area contributed by atoms with Gasteiger partial charge in [-0.05, 0) is 57.5 Å². The second-order valence-electron chi connectivity index (χ2n) is 13.0. The molecular weight excluding hydrogens is 789 g/mol. The number of ether oxygens (including phenoxy) is 2. The van der Waals surface area contributed by atoms with E-state index in [9.17, 15) is 24.3 Å². The van der Waals surface area contributed by atoms with Crippen molar-refractivity contribution in [1.29, 1.82) is 0 Å². The van der Waals surface area contributed by atoms with Gasteiger partial charge in [-0.3, -0.25) is 39.9 Å². The lowest BCUT2D eigenvalue weighted by molar-refractivity contribution is -0.105. The van der Waals surface area contributed by atoms with E-state index in [2.05, 4.69) is 43.0 Å². The summed E-state index contributed by atoms with van der Waals surface area (Å²) in [7, 11) is 1.45. The molecule has 8 N–H and O–H groups in total. The van der Waals surface area contributed by atoms with Crippen LogP contribution in [0, 0.1) is 20.8 Å². The number of hydrazine groups is 1. The lowest BCUT2D eigenvalue weighted by atomic mass is 10.1. The molecule has 0 fully saturated rings. The third kappa shape index (κ3) is 11.0. The molecule has 0 saturated carbocycles. The zero-order valence-electron chi connectivity index (χ0n) is 35.7. The van der Waals surface area contributed by atoms with E-state index in [1.807, 2.05) is 34.6 Å². The number of carbonyl (C=O) groups is 4. The number of nitrogen functional groups attached to an aromatic ring is 1. The maximum atomic E-state index is 13.4. The Morgan fingerprint density at radius 2 is 1.51 bits per heavy atom. The number of nitrogens with two attached hydrogens (primary N) is 2. The van der Waals surface area contributed by atoms with Crippen LogP contribution in [0.1, 0.15) is 88.4 Å². The normalized spacial score (nSPS) is 10.9. The molecule has 326 valence electrons. The highest BCUT2D eigenvalue weighted by molar-refractivity contribution is 6.04. The summed E-state index contributed by atoms with van der Waals surface area (Å²) in [5, 5.41) is 19.1. The van der Waals surface area contributed by atoms with Crippen molar-refractivity contribution < 1.29 is 38.2 Å². The predicted octanol–water partition coefficient (Wildman–Crippen LogP) is 4.34. The average Bonchev–Trinajstić information content (AvgIpc) is 4.01. The van der Waals surface area contributed by atoms with Crippen molar-refractivity contribution in [2.45, 2.75) is 80.9 Å². The van der Waals surface area contributed by atoms with Gasteiger partial charge < -0.3 is 33.9 Å². The van der Waals surface area contributed by atoms with Gasteiger partial charge in [0.25, 0.3) is 11.8 Å². The molecule has 4 aromatic heterocycles. The van der Waals surface area contributed by atoms with Gasteiger partial charge in [-0.15, -0.1) is 0 Å². The van der Waals surface area contributed by atoms with Crippen molar-refractivity contribution >= 4 is 58.1 Å². The number of nitrogens with one attached hydrogen (secondary N) is 3. The molecule has 6 aromatic rings. The standard InChI is InChI=1S/C32H37N11O7.C7H11NO.C2H6/c1-4-43-23(12-18(2)40-43)30(48)38-32-37-21-13-19(28(33)46)15-24(49-3)26(21)42(32)9-6-5-8-41-27-22(36-31(41)35-17-45)14-20(29(47)39-34)16-25(27)50-11-7-10-44;1-4-7-5(2)9-6(3)8-7;1-2/h5-6,12-17,44H,4,7-11,34H2,1-3H3,(H2,33,46)(H,39,47)(H,35,36,45)(H,37,38,48);4H2,1-3H3;1-2H3/b6-5+;;. The van der Waals surface area contributed by atoms with Crippen molar-refractivity contribution in [3.8, 4) is 11.5 Å². The number of aliphatic hydroxyl groups excluding tert-OH is 1. The Balaban J connectivity index is 0.000000653. The number of aliphatic hydroxyl groups is 1. The second-order valence-corrected chi connectivity index (χ2v) is 13.0. The van der Waals surface area contributed by atoms with Crippen LogP contribution in [0.4, 0.5) is 11.9 Å². The van der Waals surface area contributed by atoms with Gasteiger partial charge >= 0.3 is 0 Å². The van der Waals surface area contributed by atoms with Crippen LogP contribution in [0.5, 0.6) is 11.5 Å². The lowest BCUT2D eigenvalue weighted by Gasteiger charge is -2.12. The molecule has 0 bridgehead atoms. The van der Waals surface area contributed by atoms with Crippen LogP contribution in [0.15, 0.2) is 46.9 Å². The number of rotatable bonds is 17. The van der Waals surface area contributed by atoms with Crippen molar-refractivity contribution in [2.75, 3.05) is 31.0 Å². The summed E-state index contributed by atoms with van der Waals surface area (Å²) in [6, 6.07) is 7.70. The fourth-order valence-electron chi connectivity index (χ4n) is 6.34. The third-order valence-electron chi connectivity index (χ3n) is 9.00. The maximum Gasteiger partial charge on any atom is 0.276 e. The summed E-state index contributed by atoms with van der Waals surface area (Å²) in [6.45, 7) is 14.4. The van der Waals surface area contributed by atoms with Crippen molar-refractivity contribution in [3.63, 3.8) is 0 Å². The molecule has 0 unspecified atom stereocenters. The first-order chi connectivity index (χ1) is 29.4. The lowest BCUT2D eigenvalue weighted by Crippen LogP contribution is -2.30. The molecule has 61 heavy (non-hydrogen) atoms. The number of benzene rings is 2. The zero-order valence-corrected chi connectivity index (χ0v) is 35.7. The number of oxazole rings is 1. The minimum atomic E-state index is -0.671. The van der Waals surface area contributed by atoms with E-state index in [-0.39, 0.29) is 55.1 Å². The quantitative estimate of drug-likeness (QED) is 0.0186. The molecule has 0 aliphatic heterocycles. The number of hydrogen-bond donors (Lipinski definition) is 6. The fraction of sp³-hybridized carbons (Fsp3) is 0.366. The van der Waals surface area contributed by atoms with E-state index in [0.29, 0.717) is 58.6 Å². The van der Waals surface area contributed by atoms with Crippen LogP contribution >= 0.6 is 0 Å². The molecule has 2 aromatic carbocycles. The SMILES string of the molecule is CC.CCc1nc(C)oc1C.CCn1nc(C)cc1C(=O)Nc1nc2cc(C(N)=O)cc(OC)c2n1C/C=C/Cn1c(NC=O)nc2cc(C(=O)NN)cc(OCCCO)c21. The Bertz CT molecular complexity index is 2510. The summed E-state index contributed by atoms with van der Waals surface area (Å²) >= 11 is 0. The van der Waals surface area contributed by atoms with Crippen molar-refractivity contribution in [1.82, 2.24) is 39.3 Å². The number of carbonyl (C=O) groups excluding carboxylic acids is 4. The van der Waals surface area contributed by atoms with Crippen LogP contribution in [-0.4, -0.2) is 83.4 Å². The van der Waals surface area contributed by atoms with Gasteiger partial charge in [0.15, 0.2) is 5.89 Å². The number of aryl methyl sites for hydroxylation is 5. The average molecular weight is 843 g/mol. The Morgan fingerprint density at radius 1 is 0.885 bits per heavy atom. The molecule has 4 amide bonds. The van der Waals surface area contributed by atoms with Gasteiger partial charge in [-0.2, -0.15) is 5.10 Å². The fourth-order valence-corrected chi connectivity index (χ4v) is 6.34. The molecule has 20 nitrogen and oxygen atoms in total. The number of nitrogens with zero attached hydrogens (tertiary/aromatic N) is 7. The number of fused-ring (bicyclic) bond motifs is 2. The van der Waals surface area contributed by atoms with Gasteiger partial charge in [-0.25, -0.2) is 20.8 Å². The molecule has 6 rings (SSSR count). The maximum absolute atomic E-state index is 13.4. The smallest absolute Gasteiger partial charge is 0.276 e. The Kier molecular flexibility index (Phi) is 16.7. The number of imidazole rings is 2. The highest BCUT2D eigenvalue weighted by Gasteiger charge is 2.22. The third-order valence-corrected chi connectivity index (χ3v) is 9.00. The number of anilines is 2. The summed E-state index contributed by atoms with van der Waals surface area (Å²) in [6.07, 6.45) is 5.38. The highest BCUT2D eigenvalue weighted by atomic mass is 16.5. The number of primary amides is 1. The minimum absolute atomic E-state index is 0.103. The minimum Gasteiger partial charge on any atom is -0.494 e. The number of amides is 4. The molecule has 0 radical (unpaired) electrons. The number of aromatic nitrogens is 7. The van der Waals surface area contributed by atoms with E-state index < -0.39 is 17.7 Å². The summed E-state index contributed by atoms with van der Waals surface area (Å²) in [5.74, 6) is 6.36. The first-order valence-electron chi connectivity index (χ1n) is 19.7. The van der Waals surface area contributed by atoms with Crippen molar-refractivity contribution in [2.24, 2.45) is 11.6 Å². The van der Waals surface area contributed by atoms with Gasteiger partial charge in [0.05, 0.1) is 36.1 Å². The molecule has 20 heteroatoms. The number of hydrogen-bond acceptors (Lipinski definition) is 13. The van der Waals surface area contributed by atoms with Crippen LogP contribution in [0.2, 0.25) is 0 Å². The van der Waals surface area contributed by atoms with E-state index in [1.54, 1.807) is 39.0 Å². The van der Waals surface area contributed by atoms with E-state index in [0.717, 1.165) is 23.8 Å². The number of methoxy groups -OCH3 is 1. The molecule has 0 saturated heterocycles. The largest absolute Gasteiger partial charge is 0.494 e. The Hall–Kier alpha value is -7.06. The predicted molar refractivity (Wildman–Crippen MR) is 230 cm³/mol. The van der Waals surface area contributed by atoms with Crippen LogP contribution in [0.25, 0.3) is 22.1 Å². The van der Waals surface area contributed by atoms with Gasteiger partial charge in [0, 0.05) is 50.7 Å². The van der Waals surface area contributed by atoms with Crippen LogP contribution in [0.3, 0.4) is 0 Å². The molecule has 0 atom stereocenters. The summed E-state index contributed by atoms with van der Waals surface area (Å²) < 4.78 is 21.7. The molecule has 0 aliphatic carbocycles. The molecular formula is C41H54N12O8. The second kappa shape index (κ2) is 21.8. The monoisotopic (exact) mass is 842 g/mol. The highest BCUT2D eigenvalue weighted by Crippen LogP contribution is 2.33. The van der Waals surface area contributed by atoms with Crippen LogP contribution < -0.4 is 37.1 Å². The molecule has 0 spiro atoms.